The van der Waals surface area contributed by atoms with Crippen LogP contribution in [0, 0.1) is 0 Å². The standard InChI is InChI=1S/C17H21ClN4O3S/c1-2-12-26(24,25)21-10-8-20(9-11-21)15-13-19-22(17(23)16(15)18)14-6-4-3-5-7-14/h3-7,13H,2,8-12H2,1H3. The third kappa shape index (κ3) is 3.77. The number of para-hydroxylation sites is 1. The van der Waals surface area contributed by atoms with Gasteiger partial charge in [-0.25, -0.2) is 8.42 Å². The molecule has 0 spiro atoms. The number of benzene rings is 1. The monoisotopic (exact) mass is 396 g/mol. The van der Waals surface area contributed by atoms with Crippen LogP contribution in [-0.4, -0.2) is 54.4 Å². The predicted molar refractivity (Wildman–Crippen MR) is 103 cm³/mol. The summed E-state index contributed by atoms with van der Waals surface area (Å²) in [5, 5.41) is 4.32. The quantitative estimate of drug-likeness (QED) is 0.769. The second-order valence-corrected chi connectivity index (χ2v) is 8.56. The minimum Gasteiger partial charge on any atom is -0.366 e. The molecule has 0 unspecified atom stereocenters. The first-order valence-electron chi connectivity index (χ1n) is 8.50. The van der Waals surface area contributed by atoms with E-state index >= 15 is 0 Å². The first-order valence-corrected chi connectivity index (χ1v) is 10.5. The van der Waals surface area contributed by atoms with Gasteiger partial charge in [0.1, 0.15) is 5.02 Å². The van der Waals surface area contributed by atoms with E-state index in [2.05, 4.69) is 5.10 Å². The molecule has 0 bridgehead atoms. The summed E-state index contributed by atoms with van der Waals surface area (Å²) in [4.78, 5) is 14.5. The van der Waals surface area contributed by atoms with Gasteiger partial charge < -0.3 is 4.90 Å². The van der Waals surface area contributed by atoms with Crippen LogP contribution in [0.3, 0.4) is 0 Å². The molecule has 1 aromatic carbocycles. The Morgan fingerprint density at radius 1 is 1.12 bits per heavy atom. The van der Waals surface area contributed by atoms with Crippen LogP contribution in [0.4, 0.5) is 5.69 Å². The molecule has 0 atom stereocenters. The molecule has 9 heteroatoms. The van der Waals surface area contributed by atoms with Gasteiger partial charge in [0.15, 0.2) is 0 Å². The maximum absolute atomic E-state index is 12.6. The number of rotatable bonds is 5. The molecular weight excluding hydrogens is 376 g/mol. The Morgan fingerprint density at radius 3 is 2.38 bits per heavy atom. The Hall–Kier alpha value is -1.90. The summed E-state index contributed by atoms with van der Waals surface area (Å²) in [6.07, 6.45) is 2.16. The van der Waals surface area contributed by atoms with E-state index in [-0.39, 0.29) is 10.8 Å². The number of nitrogens with zero attached hydrogens (tertiary/aromatic N) is 4. The average molecular weight is 397 g/mol. The number of anilines is 1. The van der Waals surface area contributed by atoms with E-state index in [1.54, 1.807) is 18.3 Å². The summed E-state index contributed by atoms with van der Waals surface area (Å²) in [5.74, 6) is 0.155. The molecule has 2 heterocycles. The first kappa shape index (κ1) is 18.9. The van der Waals surface area contributed by atoms with Crippen LogP contribution in [0.15, 0.2) is 41.3 Å². The molecule has 1 aromatic heterocycles. The van der Waals surface area contributed by atoms with E-state index in [0.29, 0.717) is 44.0 Å². The zero-order chi connectivity index (χ0) is 18.7. The molecular formula is C17H21ClN4O3S. The van der Waals surface area contributed by atoms with E-state index in [4.69, 9.17) is 11.6 Å². The lowest BCUT2D eigenvalue weighted by Crippen LogP contribution is -2.49. The van der Waals surface area contributed by atoms with Crippen LogP contribution >= 0.6 is 11.6 Å². The molecule has 0 aliphatic carbocycles. The largest absolute Gasteiger partial charge is 0.366 e. The summed E-state index contributed by atoms with van der Waals surface area (Å²) >= 11 is 6.31. The Morgan fingerprint density at radius 2 is 1.77 bits per heavy atom. The molecule has 1 aliphatic heterocycles. The van der Waals surface area contributed by atoms with Gasteiger partial charge in [-0.1, -0.05) is 36.7 Å². The fourth-order valence-corrected chi connectivity index (χ4v) is 4.73. The van der Waals surface area contributed by atoms with Crippen molar-refractivity contribution in [1.29, 1.82) is 0 Å². The van der Waals surface area contributed by atoms with E-state index in [1.165, 1.54) is 8.99 Å². The zero-order valence-electron chi connectivity index (χ0n) is 14.5. The van der Waals surface area contributed by atoms with Gasteiger partial charge in [0.05, 0.1) is 23.3 Å². The van der Waals surface area contributed by atoms with Crippen LogP contribution in [0.2, 0.25) is 5.02 Å². The smallest absolute Gasteiger partial charge is 0.292 e. The maximum Gasteiger partial charge on any atom is 0.292 e. The summed E-state index contributed by atoms with van der Waals surface area (Å²) in [7, 11) is -3.21. The van der Waals surface area contributed by atoms with E-state index in [1.807, 2.05) is 30.0 Å². The topological polar surface area (TPSA) is 75.5 Å². The van der Waals surface area contributed by atoms with E-state index in [0.717, 1.165) is 0 Å². The fraction of sp³-hybridized carbons (Fsp3) is 0.412. The Bertz CT molecular complexity index is 923. The lowest BCUT2D eigenvalue weighted by atomic mass is 10.3. The molecule has 1 saturated heterocycles. The van der Waals surface area contributed by atoms with Gasteiger partial charge in [0.2, 0.25) is 10.0 Å². The minimum absolute atomic E-state index is 0.0914. The molecule has 0 N–H and O–H groups in total. The number of aromatic nitrogens is 2. The van der Waals surface area contributed by atoms with Gasteiger partial charge in [0.25, 0.3) is 5.56 Å². The van der Waals surface area contributed by atoms with Crippen LogP contribution in [-0.2, 0) is 10.0 Å². The molecule has 3 rings (SSSR count). The SMILES string of the molecule is CCCS(=O)(=O)N1CCN(c2cnn(-c3ccccc3)c(=O)c2Cl)CC1. The maximum atomic E-state index is 12.6. The van der Waals surface area contributed by atoms with Crippen molar-refractivity contribution in [2.24, 2.45) is 0 Å². The van der Waals surface area contributed by atoms with Crippen molar-refractivity contribution in [2.45, 2.75) is 13.3 Å². The lowest BCUT2D eigenvalue weighted by molar-refractivity contribution is 0.384. The van der Waals surface area contributed by atoms with Crippen LogP contribution < -0.4 is 10.5 Å². The van der Waals surface area contributed by atoms with Gasteiger partial charge in [-0.05, 0) is 18.6 Å². The lowest BCUT2D eigenvalue weighted by Gasteiger charge is -2.35. The number of hydrogen-bond acceptors (Lipinski definition) is 5. The second-order valence-electron chi connectivity index (χ2n) is 6.10. The Kier molecular flexibility index (Phi) is 5.64. The van der Waals surface area contributed by atoms with Gasteiger partial charge in [-0.2, -0.15) is 14.1 Å². The summed E-state index contributed by atoms with van der Waals surface area (Å²) < 4.78 is 27.1. The van der Waals surface area contributed by atoms with Gasteiger partial charge in [0, 0.05) is 26.2 Å². The highest BCUT2D eigenvalue weighted by atomic mass is 35.5. The number of halogens is 1. The van der Waals surface area contributed by atoms with Crippen molar-refractivity contribution >= 4 is 27.3 Å². The molecule has 1 fully saturated rings. The van der Waals surface area contributed by atoms with Gasteiger partial charge in [-0.15, -0.1) is 0 Å². The first-order chi connectivity index (χ1) is 12.4. The molecule has 140 valence electrons. The number of piperazine rings is 1. The summed E-state index contributed by atoms with van der Waals surface area (Å²) in [6.45, 7) is 3.54. The third-order valence-electron chi connectivity index (χ3n) is 4.34. The second kappa shape index (κ2) is 7.77. The van der Waals surface area contributed by atoms with Crippen molar-refractivity contribution in [3.05, 3.63) is 51.9 Å². The van der Waals surface area contributed by atoms with Crippen molar-refractivity contribution < 1.29 is 8.42 Å². The highest BCUT2D eigenvalue weighted by Crippen LogP contribution is 2.23. The van der Waals surface area contributed by atoms with Crippen LogP contribution in [0.5, 0.6) is 0 Å². The van der Waals surface area contributed by atoms with Crippen molar-refractivity contribution in [3.8, 4) is 5.69 Å². The third-order valence-corrected chi connectivity index (χ3v) is 6.77. The zero-order valence-corrected chi connectivity index (χ0v) is 16.1. The number of sulfonamides is 1. The summed E-state index contributed by atoms with van der Waals surface area (Å²) in [5.41, 5.74) is 0.786. The predicted octanol–water partition coefficient (Wildman–Crippen LogP) is 1.75. The normalized spacial score (nSPS) is 16.0. The highest BCUT2D eigenvalue weighted by molar-refractivity contribution is 7.89. The Balaban J connectivity index is 1.80. The van der Waals surface area contributed by atoms with E-state index < -0.39 is 15.6 Å². The van der Waals surface area contributed by atoms with Crippen molar-refractivity contribution in [3.63, 3.8) is 0 Å². The summed E-state index contributed by atoms with van der Waals surface area (Å²) in [6, 6.07) is 9.06. The average Bonchev–Trinajstić information content (AvgIpc) is 2.65. The van der Waals surface area contributed by atoms with Crippen LogP contribution in [0.1, 0.15) is 13.3 Å². The molecule has 0 saturated carbocycles. The Labute approximate surface area is 157 Å². The van der Waals surface area contributed by atoms with Gasteiger partial charge >= 0.3 is 0 Å². The molecule has 0 radical (unpaired) electrons. The molecule has 26 heavy (non-hydrogen) atoms. The highest BCUT2D eigenvalue weighted by Gasteiger charge is 2.27. The molecule has 7 nitrogen and oxygen atoms in total. The van der Waals surface area contributed by atoms with E-state index in [9.17, 15) is 13.2 Å². The van der Waals surface area contributed by atoms with Crippen molar-refractivity contribution in [1.82, 2.24) is 14.1 Å². The van der Waals surface area contributed by atoms with Gasteiger partial charge in [-0.3, -0.25) is 4.79 Å². The molecule has 1 aliphatic rings. The molecule has 2 aromatic rings. The fourth-order valence-electron chi connectivity index (χ4n) is 2.99. The number of hydrogen-bond donors (Lipinski definition) is 0. The van der Waals surface area contributed by atoms with Crippen LogP contribution in [0.25, 0.3) is 5.69 Å². The van der Waals surface area contributed by atoms with Crippen molar-refractivity contribution in [2.75, 3.05) is 36.8 Å². The molecule has 0 amide bonds. The minimum atomic E-state index is -3.21.